The van der Waals surface area contributed by atoms with E-state index >= 15 is 0 Å². The molecule has 2 heterocycles. The zero-order valence-electron chi connectivity index (χ0n) is 9.14. The molecular formula is C12H10ClNO2S. The van der Waals surface area contributed by atoms with Crippen molar-refractivity contribution in [1.29, 1.82) is 0 Å². The Morgan fingerprint density at radius 1 is 1.47 bits per heavy atom. The first-order valence-electron chi connectivity index (χ1n) is 4.98. The lowest BCUT2D eigenvalue weighted by Crippen LogP contribution is -2.10. The smallest absolute Gasteiger partial charge is 0.210 e. The summed E-state index contributed by atoms with van der Waals surface area (Å²) in [6.45, 7) is 1.96. The molecule has 0 saturated carbocycles. The van der Waals surface area contributed by atoms with Crippen LogP contribution in [0.3, 0.4) is 0 Å². The molecule has 0 amide bonds. The van der Waals surface area contributed by atoms with Crippen molar-refractivity contribution in [2.45, 2.75) is 6.92 Å². The average Bonchev–Trinajstić information content (AvgIpc) is 2.73. The van der Waals surface area contributed by atoms with E-state index in [1.54, 1.807) is 6.07 Å². The monoisotopic (exact) mass is 267 g/mol. The molecule has 0 atom stereocenters. The Bertz CT molecular complexity index is 539. The van der Waals surface area contributed by atoms with Crippen LogP contribution in [0.1, 0.15) is 14.5 Å². The predicted molar refractivity (Wildman–Crippen MR) is 68.1 cm³/mol. The fraction of sp³-hybridized carbons (Fsp3) is 0.167. The molecular weight excluding hydrogens is 258 g/mol. The van der Waals surface area contributed by atoms with E-state index in [-0.39, 0.29) is 12.4 Å². The van der Waals surface area contributed by atoms with Crippen molar-refractivity contribution in [2.75, 3.05) is 6.61 Å². The molecule has 0 bridgehead atoms. The van der Waals surface area contributed by atoms with Gasteiger partial charge in [0, 0.05) is 17.1 Å². The maximum atomic E-state index is 11.7. The summed E-state index contributed by atoms with van der Waals surface area (Å²) in [5, 5.41) is 0.488. The van der Waals surface area contributed by atoms with E-state index in [0.29, 0.717) is 15.6 Å². The van der Waals surface area contributed by atoms with Gasteiger partial charge in [-0.25, -0.2) is 0 Å². The average molecular weight is 268 g/mol. The molecule has 0 aliphatic rings. The summed E-state index contributed by atoms with van der Waals surface area (Å²) in [6.07, 6.45) is 3.04. The summed E-state index contributed by atoms with van der Waals surface area (Å²) in [5.41, 5.74) is 0. The van der Waals surface area contributed by atoms with Crippen molar-refractivity contribution in [3.05, 3.63) is 45.4 Å². The molecule has 5 heteroatoms. The molecule has 0 aliphatic heterocycles. The lowest BCUT2D eigenvalue weighted by Gasteiger charge is -2.03. The molecule has 2 aromatic rings. The van der Waals surface area contributed by atoms with Crippen LogP contribution < -0.4 is 4.74 Å². The van der Waals surface area contributed by atoms with E-state index in [1.807, 2.05) is 19.1 Å². The van der Waals surface area contributed by atoms with Crippen molar-refractivity contribution in [2.24, 2.45) is 0 Å². The lowest BCUT2D eigenvalue weighted by atomic mass is 10.3. The van der Waals surface area contributed by atoms with Gasteiger partial charge in [-0.2, -0.15) is 0 Å². The molecule has 0 unspecified atom stereocenters. The number of hydrogen-bond acceptors (Lipinski definition) is 4. The van der Waals surface area contributed by atoms with E-state index < -0.39 is 0 Å². The standard InChI is InChI=1S/C12H10ClNO2S/c1-8-2-3-12(17-8)11(15)7-16-10-4-9(13)5-14-6-10/h2-6H,7H2,1H3. The van der Waals surface area contributed by atoms with Gasteiger partial charge in [0.15, 0.2) is 6.61 Å². The lowest BCUT2D eigenvalue weighted by molar-refractivity contribution is 0.0925. The molecule has 17 heavy (non-hydrogen) atoms. The third-order valence-electron chi connectivity index (χ3n) is 2.06. The maximum absolute atomic E-state index is 11.7. The minimum Gasteiger partial charge on any atom is -0.484 e. The van der Waals surface area contributed by atoms with Crippen LogP contribution in [0.5, 0.6) is 5.75 Å². The van der Waals surface area contributed by atoms with Crippen LogP contribution >= 0.6 is 22.9 Å². The Kier molecular flexibility index (Phi) is 3.76. The first-order valence-corrected chi connectivity index (χ1v) is 6.17. The topological polar surface area (TPSA) is 39.2 Å². The van der Waals surface area contributed by atoms with Crippen LogP contribution in [-0.2, 0) is 0 Å². The van der Waals surface area contributed by atoms with Gasteiger partial charge in [-0.3, -0.25) is 9.78 Å². The van der Waals surface area contributed by atoms with Crippen molar-refractivity contribution < 1.29 is 9.53 Å². The van der Waals surface area contributed by atoms with Crippen LogP contribution in [0.2, 0.25) is 5.02 Å². The number of halogens is 1. The summed E-state index contributed by atoms with van der Waals surface area (Å²) in [4.78, 5) is 17.4. The van der Waals surface area contributed by atoms with Crippen molar-refractivity contribution >= 4 is 28.7 Å². The van der Waals surface area contributed by atoms with Crippen LogP contribution in [0.25, 0.3) is 0 Å². The zero-order chi connectivity index (χ0) is 12.3. The van der Waals surface area contributed by atoms with Gasteiger partial charge in [-0.15, -0.1) is 11.3 Å². The zero-order valence-corrected chi connectivity index (χ0v) is 10.7. The van der Waals surface area contributed by atoms with Gasteiger partial charge >= 0.3 is 0 Å². The highest BCUT2D eigenvalue weighted by Crippen LogP contribution is 2.18. The minimum absolute atomic E-state index is 0.00196. The summed E-state index contributed by atoms with van der Waals surface area (Å²) in [5.74, 6) is 0.460. The number of carbonyl (C=O) groups is 1. The van der Waals surface area contributed by atoms with Gasteiger partial charge in [0.25, 0.3) is 0 Å². The molecule has 3 nitrogen and oxygen atoms in total. The molecule has 0 fully saturated rings. The van der Waals surface area contributed by atoms with Crippen molar-refractivity contribution in [3.63, 3.8) is 0 Å². The Balaban J connectivity index is 1.97. The van der Waals surface area contributed by atoms with Crippen LogP contribution in [0.4, 0.5) is 0 Å². The summed E-state index contributed by atoms with van der Waals surface area (Å²) < 4.78 is 5.32. The molecule has 0 saturated heterocycles. The Labute approximate surface area is 108 Å². The number of hydrogen-bond donors (Lipinski definition) is 0. The summed E-state index contributed by atoms with van der Waals surface area (Å²) in [6, 6.07) is 5.35. The number of Topliss-reactive ketones (excluding diaryl/α,β-unsaturated/α-hetero) is 1. The number of thiophene rings is 1. The number of nitrogens with zero attached hydrogens (tertiary/aromatic N) is 1. The van der Waals surface area contributed by atoms with Crippen molar-refractivity contribution in [1.82, 2.24) is 4.98 Å². The van der Waals surface area contributed by atoms with Gasteiger partial charge in [0.05, 0.1) is 16.1 Å². The minimum atomic E-state index is -0.0388. The first kappa shape index (κ1) is 12.1. The number of aromatic nitrogens is 1. The Morgan fingerprint density at radius 3 is 2.94 bits per heavy atom. The molecule has 0 spiro atoms. The van der Waals surface area contributed by atoms with E-state index in [1.165, 1.54) is 23.7 Å². The number of aryl methyl sites for hydroxylation is 1. The number of ketones is 1. The third-order valence-corrected chi connectivity index (χ3v) is 3.31. The third kappa shape index (κ3) is 3.28. The quantitative estimate of drug-likeness (QED) is 0.798. The molecule has 88 valence electrons. The Hall–Kier alpha value is -1.39. The molecule has 0 radical (unpaired) electrons. The number of carbonyl (C=O) groups excluding carboxylic acids is 1. The van der Waals surface area contributed by atoms with Gasteiger partial charge in [-0.05, 0) is 19.1 Å². The molecule has 0 N–H and O–H groups in total. The number of rotatable bonds is 4. The van der Waals surface area contributed by atoms with Gasteiger partial charge in [0.2, 0.25) is 5.78 Å². The van der Waals surface area contributed by atoms with E-state index in [0.717, 1.165) is 4.88 Å². The van der Waals surface area contributed by atoms with Gasteiger partial charge < -0.3 is 4.74 Å². The number of pyridine rings is 1. The molecule has 0 aliphatic carbocycles. The second kappa shape index (κ2) is 5.29. The first-order chi connectivity index (χ1) is 8.15. The summed E-state index contributed by atoms with van der Waals surface area (Å²) >= 11 is 7.22. The second-order valence-electron chi connectivity index (χ2n) is 3.46. The molecule has 2 rings (SSSR count). The fourth-order valence-electron chi connectivity index (χ4n) is 1.28. The van der Waals surface area contributed by atoms with Gasteiger partial charge in [0.1, 0.15) is 5.75 Å². The normalized spacial score (nSPS) is 10.2. The fourth-order valence-corrected chi connectivity index (χ4v) is 2.23. The van der Waals surface area contributed by atoms with Crippen LogP contribution in [0.15, 0.2) is 30.6 Å². The highest BCUT2D eigenvalue weighted by Gasteiger charge is 2.09. The van der Waals surface area contributed by atoms with Crippen LogP contribution in [0, 0.1) is 6.92 Å². The van der Waals surface area contributed by atoms with E-state index in [9.17, 15) is 4.79 Å². The summed E-state index contributed by atoms with van der Waals surface area (Å²) in [7, 11) is 0. The van der Waals surface area contributed by atoms with Crippen LogP contribution in [-0.4, -0.2) is 17.4 Å². The highest BCUT2D eigenvalue weighted by molar-refractivity contribution is 7.14. The SMILES string of the molecule is Cc1ccc(C(=O)COc2cncc(Cl)c2)s1. The highest BCUT2D eigenvalue weighted by atomic mass is 35.5. The predicted octanol–water partition coefficient (Wildman–Crippen LogP) is 3.37. The molecule has 2 aromatic heterocycles. The van der Waals surface area contributed by atoms with E-state index in [4.69, 9.17) is 16.3 Å². The second-order valence-corrected chi connectivity index (χ2v) is 5.19. The molecule has 0 aromatic carbocycles. The van der Waals surface area contributed by atoms with Gasteiger partial charge in [-0.1, -0.05) is 11.6 Å². The maximum Gasteiger partial charge on any atom is 0.210 e. The van der Waals surface area contributed by atoms with E-state index in [2.05, 4.69) is 4.98 Å². The van der Waals surface area contributed by atoms with Crippen molar-refractivity contribution in [3.8, 4) is 5.75 Å². The Morgan fingerprint density at radius 2 is 2.29 bits per heavy atom. The number of ether oxygens (including phenoxy) is 1. The largest absolute Gasteiger partial charge is 0.484 e.